The maximum Gasteiger partial charge on any atom is 0.411 e. The number of aromatic nitrogens is 3. The number of benzene rings is 2. The van der Waals surface area contributed by atoms with E-state index in [0.717, 1.165) is 0 Å². The smallest absolute Gasteiger partial charge is 0.411 e. The van der Waals surface area contributed by atoms with Gasteiger partial charge in [-0.1, -0.05) is 41.4 Å². The van der Waals surface area contributed by atoms with Crippen molar-refractivity contribution in [1.82, 2.24) is 14.5 Å². The fraction of sp³-hybridized carbons (Fsp3) is 0.0476. The molecular formula is C21H15Cl2N5O3. The van der Waals surface area contributed by atoms with E-state index in [1.165, 1.54) is 13.3 Å². The van der Waals surface area contributed by atoms with Crippen molar-refractivity contribution in [3.63, 3.8) is 0 Å². The van der Waals surface area contributed by atoms with E-state index in [1.54, 1.807) is 53.6 Å². The topological polar surface area (TPSA) is 98.1 Å². The van der Waals surface area contributed by atoms with Crippen molar-refractivity contribution < 1.29 is 14.3 Å². The Kier molecular flexibility index (Phi) is 5.75. The minimum atomic E-state index is -0.639. The summed E-state index contributed by atoms with van der Waals surface area (Å²) in [5.74, 6) is -0.467. The van der Waals surface area contributed by atoms with Crippen LogP contribution in [0.3, 0.4) is 0 Å². The first kappa shape index (κ1) is 20.6. The highest BCUT2D eigenvalue weighted by atomic mass is 35.5. The number of carbonyl (C=O) groups is 2. The Hall–Kier alpha value is -3.62. The highest BCUT2D eigenvalue weighted by Crippen LogP contribution is 2.33. The molecule has 10 heteroatoms. The fourth-order valence-corrected chi connectivity index (χ4v) is 3.70. The molecule has 4 aromatic rings. The van der Waals surface area contributed by atoms with Crippen LogP contribution < -0.4 is 10.6 Å². The molecule has 0 unspecified atom stereocenters. The van der Waals surface area contributed by atoms with Crippen molar-refractivity contribution >= 4 is 57.5 Å². The summed E-state index contributed by atoms with van der Waals surface area (Å²) in [4.78, 5) is 33.2. The summed E-state index contributed by atoms with van der Waals surface area (Å²) in [5, 5.41) is 6.60. The van der Waals surface area contributed by atoms with E-state index >= 15 is 0 Å². The molecule has 0 radical (unpaired) electrons. The second kappa shape index (κ2) is 8.63. The van der Waals surface area contributed by atoms with Crippen molar-refractivity contribution in [3.05, 3.63) is 76.9 Å². The molecule has 8 nitrogen and oxygen atoms in total. The third kappa shape index (κ3) is 4.03. The summed E-state index contributed by atoms with van der Waals surface area (Å²) in [6.07, 6.45) is 5.77. The zero-order valence-electron chi connectivity index (χ0n) is 16.1. The Labute approximate surface area is 186 Å². The number of imidazole rings is 1. The van der Waals surface area contributed by atoms with Gasteiger partial charge in [-0.25, -0.2) is 9.78 Å². The summed E-state index contributed by atoms with van der Waals surface area (Å²) < 4.78 is 6.43. The van der Waals surface area contributed by atoms with Crippen LogP contribution in [0, 0.1) is 0 Å². The molecule has 4 rings (SSSR count). The average Bonchev–Trinajstić information content (AvgIpc) is 3.28. The molecule has 2 N–H and O–H groups in total. The largest absolute Gasteiger partial charge is 0.453 e. The summed E-state index contributed by atoms with van der Waals surface area (Å²) in [6, 6.07) is 10.1. The van der Waals surface area contributed by atoms with E-state index < -0.39 is 12.0 Å². The SMILES string of the molecule is COC(=O)Nc1cnc2c(NC(=O)c3c(Cl)cccc3Cl)cccc2c1-n1ccnc1. The predicted octanol–water partition coefficient (Wildman–Crippen LogP) is 5.16. The van der Waals surface area contributed by atoms with Gasteiger partial charge in [-0.3, -0.25) is 15.1 Å². The third-order valence-electron chi connectivity index (χ3n) is 4.49. The molecule has 0 bridgehead atoms. The van der Waals surface area contributed by atoms with Gasteiger partial charge < -0.3 is 14.6 Å². The Morgan fingerprint density at radius 2 is 1.77 bits per heavy atom. The molecule has 2 aromatic carbocycles. The molecule has 31 heavy (non-hydrogen) atoms. The van der Waals surface area contributed by atoms with E-state index in [0.29, 0.717) is 28.0 Å². The number of methoxy groups -OCH3 is 1. The minimum Gasteiger partial charge on any atom is -0.453 e. The van der Waals surface area contributed by atoms with E-state index in [-0.39, 0.29) is 15.6 Å². The number of nitrogens with one attached hydrogen (secondary N) is 2. The number of carbonyl (C=O) groups excluding carboxylic acids is 2. The molecular weight excluding hydrogens is 441 g/mol. The standard InChI is InChI=1S/C21H15Cl2N5O3/c1-31-21(30)27-16-10-25-18-12(19(16)28-9-8-24-11-28)4-2-7-15(18)26-20(29)17-13(22)5-3-6-14(17)23/h2-11H,1H3,(H,26,29)(H,27,30). The first-order valence-electron chi connectivity index (χ1n) is 9.00. The van der Waals surface area contributed by atoms with Crippen LogP contribution in [-0.2, 0) is 4.74 Å². The van der Waals surface area contributed by atoms with Gasteiger partial charge in [0.05, 0.1) is 57.8 Å². The van der Waals surface area contributed by atoms with Crippen molar-refractivity contribution in [2.24, 2.45) is 0 Å². The number of nitrogens with zero attached hydrogens (tertiary/aromatic N) is 3. The second-order valence-corrected chi connectivity index (χ2v) is 7.17. The monoisotopic (exact) mass is 455 g/mol. The van der Waals surface area contributed by atoms with E-state index in [2.05, 4.69) is 20.6 Å². The van der Waals surface area contributed by atoms with Crippen LogP contribution in [0.2, 0.25) is 10.0 Å². The highest BCUT2D eigenvalue weighted by Gasteiger charge is 2.19. The maximum absolute atomic E-state index is 12.9. The lowest BCUT2D eigenvalue weighted by Gasteiger charge is -2.16. The van der Waals surface area contributed by atoms with Gasteiger partial charge in [-0.15, -0.1) is 0 Å². The number of rotatable bonds is 4. The number of amides is 2. The Balaban J connectivity index is 1.83. The lowest BCUT2D eigenvalue weighted by atomic mass is 10.1. The van der Waals surface area contributed by atoms with Crippen molar-refractivity contribution in [2.75, 3.05) is 17.7 Å². The number of ether oxygens (including phenoxy) is 1. The van der Waals surface area contributed by atoms with Crippen molar-refractivity contribution in [3.8, 4) is 5.69 Å². The van der Waals surface area contributed by atoms with Gasteiger partial charge in [-0.2, -0.15) is 0 Å². The van der Waals surface area contributed by atoms with Gasteiger partial charge in [0.25, 0.3) is 5.91 Å². The van der Waals surface area contributed by atoms with Crippen molar-refractivity contribution in [1.29, 1.82) is 0 Å². The minimum absolute atomic E-state index is 0.168. The molecule has 0 atom stereocenters. The van der Waals surface area contributed by atoms with Crippen LogP contribution in [0.1, 0.15) is 10.4 Å². The number of para-hydroxylation sites is 1. The third-order valence-corrected chi connectivity index (χ3v) is 5.12. The molecule has 0 saturated carbocycles. The summed E-state index contributed by atoms with van der Waals surface area (Å²) in [7, 11) is 1.27. The Bertz CT molecular complexity index is 1270. The van der Waals surface area contributed by atoms with Gasteiger partial charge in [0.2, 0.25) is 0 Å². The number of anilines is 2. The van der Waals surface area contributed by atoms with Gasteiger partial charge >= 0.3 is 6.09 Å². The molecule has 0 fully saturated rings. The van der Waals surface area contributed by atoms with Crippen molar-refractivity contribution in [2.45, 2.75) is 0 Å². The Morgan fingerprint density at radius 3 is 2.45 bits per heavy atom. The molecule has 0 spiro atoms. The molecule has 0 aliphatic carbocycles. The fourth-order valence-electron chi connectivity index (χ4n) is 3.13. The van der Waals surface area contributed by atoms with Crippen LogP contribution in [0.25, 0.3) is 16.6 Å². The zero-order chi connectivity index (χ0) is 22.0. The van der Waals surface area contributed by atoms with Crippen LogP contribution >= 0.6 is 23.2 Å². The first-order valence-corrected chi connectivity index (χ1v) is 9.75. The first-order chi connectivity index (χ1) is 15.0. The van der Waals surface area contributed by atoms with Gasteiger partial charge in [0.15, 0.2) is 0 Å². The molecule has 0 aliphatic rings. The average molecular weight is 456 g/mol. The molecule has 156 valence electrons. The highest BCUT2D eigenvalue weighted by molar-refractivity contribution is 6.40. The summed E-state index contributed by atoms with van der Waals surface area (Å²) >= 11 is 12.3. The van der Waals surface area contributed by atoms with Gasteiger partial charge in [-0.05, 0) is 18.2 Å². The van der Waals surface area contributed by atoms with Crippen LogP contribution in [0.5, 0.6) is 0 Å². The lowest BCUT2D eigenvalue weighted by Crippen LogP contribution is -2.15. The number of hydrogen-bond acceptors (Lipinski definition) is 5. The number of pyridine rings is 1. The van der Waals surface area contributed by atoms with Crippen LogP contribution in [0.4, 0.5) is 16.2 Å². The molecule has 2 heterocycles. The molecule has 0 saturated heterocycles. The number of hydrogen-bond donors (Lipinski definition) is 2. The van der Waals surface area contributed by atoms with Crippen LogP contribution in [-0.4, -0.2) is 33.6 Å². The Morgan fingerprint density at radius 1 is 1.03 bits per heavy atom. The van der Waals surface area contributed by atoms with Gasteiger partial charge in [0.1, 0.15) is 0 Å². The normalized spacial score (nSPS) is 10.7. The summed E-state index contributed by atoms with van der Waals surface area (Å²) in [5.41, 5.74) is 2.14. The van der Waals surface area contributed by atoms with Crippen LogP contribution in [0.15, 0.2) is 61.3 Å². The second-order valence-electron chi connectivity index (χ2n) is 6.36. The molecule has 0 aliphatic heterocycles. The zero-order valence-corrected chi connectivity index (χ0v) is 17.6. The molecule has 2 aromatic heterocycles. The van der Waals surface area contributed by atoms with E-state index in [4.69, 9.17) is 27.9 Å². The summed E-state index contributed by atoms with van der Waals surface area (Å²) in [6.45, 7) is 0. The lowest BCUT2D eigenvalue weighted by molar-refractivity contribution is 0.102. The molecule has 2 amide bonds. The van der Waals surface area contributed by atoms with E-state index in [9.17, 15) is 9.59 Å². The van der Waals surface area contributed by atoms with Gasteiger partial charge in [0, 0.05) is 17.8 Å². The number of halogens is 2. The predicted molar refractivity (Wildman–Crippen MR) is 119 cm³/mol. The maximum atomic E-state index is 12.9. The number of fused-ring (bicyclic) bond motifs is 1. The quantitative estimate of drug-likeness (QED) is 0.442. The van der Waals surface area contributed by atoms with E-state index in [1.807, 2.05) is 6.07 Å².